The summed E-state index contributed by atoms with van der Waals surface area (Å²) in [5.74, 6) is 0. The second-order valence-corrected chi connectivity index (χ2v) is 4.56. The molecule has 2 atom stereocenters. The lowest BCUT2D eigenvalue weighted by molar-refractivity contribution is 0.580. The molecule has 2 nitrogen and oxygen atoms in total. The summed E-state index contributed by atoms with van der Waals surface area (Å²) in [6.07, 6.45) is 1.29. The lowest BCUT2D eigenvalue weighted by Gasteiger charge is -2.29. The van der Waals surface area contributed by atoms with Crippen LogP contribution in [0, 0.1) is 0 Å². The standard InChI is InChI=1S/C11H13ClN2.BrH/c12-8-1-3-10(4-2-8)14-7-9-5-11(14)6-13-9;/h1-4,9,11,13H,5-7H2;1H. The highest BCUT2D eigenvalue weighted by Gasteiger charge is 2.37. The Morgan fingerprint density at radius 1 is 1.27 bits per heavy atom. The highest BCUT2D eigenvalue weighted by atomic mass is 79.9. The molecule has 1 aromatic rings. The van der Waals surface area contributed by atoms with Crippen molar-refractivity contribution in [3.63, 3.8) is 0 Å². The first-order valence-electron chi connectivity index (χ1n) is 5.08. The second-order valence-electron chi connectivity index (χ2n) is 4.12. The van der Waals surface area contributed by atoms with E-state index in [4.69, 9.17) is 11.6 Å². The molecule has 0 radical (unpaired) electrons. The molecule has 3 rings (SSSR count). The number of fused-ring (bicyclic) bond motifs is 2. The second kappa shape index (κ2) is 4.32. The number of nitrogens with zero attached hydrogens (tertiary/aromatic N) is 1. The monoisotopic (exact) mass is 288 g/mol. The van der Waals surface area contributed by atoms with E-state index in [1.807, 2.05) is 12.1 Å². The minimum absolute atomic E-state index is 0. The van der Waals surface area contributed by atoms with Crippen LogP contribution in [0.3, 0.4) is 0 Å². The Balaban J connectivity index is 0.000000853. The number of nitrogens with one attached hydrogen (secondary N) is 1. The van der Waals surface area contributed by atoms with E-state index in [1.54, 1.807) is 0 Å². The maximum Gasteiger partial charge on any atom is 0.0430 e. The zero-order valence-corrected chi connectivity index (χ0v) is 10.8. The molecule has 82 valence electrons. The molecule has 2 unspecified atom stereocenters. The first-order chi connectivity index (χ1) is 6.83. The van der Waals surface area contributed by atoms with Crippen LogP contribution in [0.25, 0.3) is 0 Å². The van der Waals surface area contributed by atoms with Gasteiger partial charge in [-0.3, -0.25) is 0 Å². The lowest BCUT2D eigenvalue weighted by Crippen LogP contribution is -2.43. The molecular weight excluding hydrogens is 275 g/mol. The third-order valence-electron chi connectivity index (χ3n) is 3.21. The number of hydrogen-bond donors (Lipinski definition) is 1. The van der Waals surface area contributed by atoms with Gasteiger partial charge in [0.2, 0.25) is 0 Å². The van der Waals surface area contributed by atoms with Crippen molar-refractivity contribution in [1.82, 2.24) is 5.32 Å². The lowest BCUT2D eigenvalue weighted by atomic mass is 10.2. The van der Waals surface area contributed by atoms with E-state index in [9.17, 15) is 0 Å². The molecule has 1 N–H and O–H groups in total. The van der Waals surface area contributed by atoms with Crippen molar-refractivity contribution in [1.29, 1.82) is 0 Å². The predicted molar refractivity (Wildman–Crippen MR) is 69.3 cm³/mol. The Labute approximate surface area is 105 Å². The number of benzene rings is 1. The van der Waals surface area contributed by atoms with Gasteiger partial charge in [0.15, 0.2) is 0 Å². The quantitative estimate of drug-likeness (QED) is 0.854. The first kappa shape index (κ1) is 11.2. The maximum atomic E-state index is 5.87. The van der Waals surface area contributed by atoms with Crippen molar-refractivity contribution in [2.45, 2.75) is 18.5 Å². The molecule has 2 heterocycles. The number of halogens is 2. The number of anilines is 1. The van der Waals surface area contributed by atoms with Gasteiger partial charge in [-0.15, -0.1) is 17.0 Å². The Kier molecular flexibility index (Phi) is 3.24. The van der Waals surface area contributed by atoms with Gasteiger partial charge in [0.1, 0.15) is 0 Å². The molecule has 2 aliphatic rings. The highest BCUT2D eigenvalue weighted by Crippen LogP contribution is 2.29. The zero-order valence-electron chi connectivity index (χ0n) is 8.32. The average Bonchev–Trinajstić information content (AvgIpc) is 2.80. The van der Waals surface area contributed by atoms with Crippen LogP contribution in [0.2, 0.25) is 5.02 Å². The summed E-state index contributed by atoms with van der Waals surface area (Å²) < 4.78 is 0. The fourth-order valence-electron chi connectivity index (χ4n) is 2.51. The molecule has 4 heteroatoms. The van der Waals surface area contributed by atoms with Crippen LogP contribution >= 0.6 is 28.6 Å². The van der Waals surface area contributed by atoms with Gasteiger partial charge in [0, 0.05) is 35.9 Å². The third kappa shape index (κ3) is 2.01. The summed E-state index contributed by atoms with van der Waals surface area (Å²) in [5, 5.41) is 4.32. The van der Waals surface area contributed by atoms with Crippen LogP contribution in [0.4, 0.5) is 5.69 Å². The molecule has 2 aliphatic heterocycles. The number of hydrogen-bond acceptors (Lipinski definition) is 2. The van der Waals surface area contributed by atoms with Crippen molar-refractivity contribution in [3.05, 3.63) is 29.3 Å². The van der Waals surface area contributed by atoms with E-state index in [2.05, 4.69) is 22.3 Å². The molecule has 15 heavy (non-hydrogen) atoms. The Hall–Kier alpha value is -0.250. The molecule has 0 aromatic heterocycles. The van der Waals surface area contributed by atoms with Crippen LogP contribution in [-0.4, -0.2) is 25.2 Å². The van der Waals surface area contributed by atoms with E-state index < -0.39 is 0 Å². The van der Waals surface area contributed by atoms with E-state index >= 15 is 0 Å². The SMILES string of the molecule is Br.Clc1ccc(N2CC3CC2CN3)cc1. The minimum atomic E-state index is 0. The van der Waals surface area contributed by atoms with Gasteiger partial charge in [-0.1, -0.05) is 11.6 Å². The largest absolute Gasteiger partial charge is 0.366 e. The highest BCUT2D eigenvalue weighted by molar-refractivity contribution is 8.93. The number of piperazine rings is 1. The Bertz CT molecular complexity index is 341. The van der Waals surface area contributed by atoms with E-state index in [-0.39, 0.29) is 17.0 Å². The Morgan fingerprint density at radius 3 is 2.53 bits per heavy atom. The summed E-state index contributed by atoms with van der Waals surface area (Å²) in [7, 11) is 0. The summed E-state index contributed by atoms with van der Waals surface area (Å²) in [5.41, 5.74) is 1.31. The van der Waals surface area contributed by atoms with Gasteiger partial charge in [-0.05, 0) is 30.7 Å². The van der Waals surface area contributed by atoms with E-state index in [0.717, 1.165) is 18.1 Å². The molecule has 0 aliphatic carbocycles. The summed E-state index contributed by atoms with van der Waals surface area (Å²) in [6, 6.07) is 9.57. The minimum Gasteiger partial charge on any atom is -0.366 e. The van der Waals surface area contributed by atoms with Gasteiger partial charge in [0.05, 0.1) is 0 Å². The molecule has 0 saturated carbocycles. The smallest absolute Gasteiger partial charge is 0.0430 e. The zero-order chi connectivity index (χ0) is 9.54. The van der Waals surface area contributed by atoms with Crippen LogP contribution in [-0.2, 0) is 0 Å². The first-order valence-corrected chi connectivity index (χ1v) is 5.46. The van der Waals surface area contributed by atoms with E-state index in [1.165, 1.54) is 12.1 Å². The molecule has 2 bridgehead atoms. The van der Waals surface area contributed by atoms with Gasteiger partial charge >= 0.3 is 0 Å². The topological polar surface area (TPSA) is 15.3 Å². The van der Waals surface area contributed by atoms with E-state index in [0.29, 0.717) is 12.1 Å². The summed E-state index contributed by atoms with van der Waals surface area (Å²) in [4.78, 5) is 2.48. The van der Waals surface area contributed by atoms with Gasteiger partial charge in [-0.25, -0.2) is 0 Å². The Morgan fingerprint density at radius 2 is 2.00 bits per heavy atom. The van der Waals surface area contributed by atoms with Crippen molar-refractivity contribution in [2.75, 3.05) is 18.0 Å². The molecule has 2 saturated heterocycles. The number of rotatable bonds is 1. The third-order valence-corrected chi connectivity index (χ3v) is 3.47. The molecule has 2 fully saturated rings. The summed E-state index contributed by atoms with van der Waals surface area (Å²) >= 11 is 5.87. The van der Waals surface area contributed by atoms with Crippen molar-refractivity contribution >= 4 is 34.3 Å². The molecular formula is C11H14BrClN2. The average molecular weight is 290 g/mol. The molecule has 1 aromatic carbocycles. The van der Waals surface area contributed by atoms with Crippen molar-refractivity contribution in [2.24, 2.45) is 0 Å². The normalized spacial score (nSPS) is 27.9. The van der Waals surface area contributed by atoms with Crippen LogP contribution in [0.1, 0.15) is 6.42 Å². The predicted octanol–water partition coefficient (Wildman–Crippen LogP) is 2.47. The van der Waals surface area contributed by atoms with Crippen LogP contribution in [0.5, 0.6) is 0 Å². The fourth-order valence-corrected chi connectivity index (χ4v) is 2.64. The molecule has 0 spiro atoms. The summed E-state index contributed by atoms with van der Waals surface area (Å²) in [6.45, 7) is 2.28. The van der Waals surface area contributed by atoms with Crippen molar-refractivity contribution in [3.8, 4) is 0 Å². The van der Waals surface area contributed by atoms with Gasteiger partial charge in [-0.2, -0.15) is 0 Å². The maximum absolute atomic E-state index is 5.87. The van der Waals surface area contributed by atoms with Gasteiger partial charge < -0.3 is 10.2 Å². The fraction of sp³-hybridized carbons (Fsp3) is 0.455. The van der Waals surface area contributed by atoms with Crippen LogP contribution in [0.15, 0.2) is 24.3 Å². The molecule has 0 amide bonds. The van der Waals surface area contributed by atoms with Crippen LogP contribution < -0.4 is 10.2 Å². The van der Waals surface area contributed by atoms with Gasteiger partial charge in [0.25, 0.3) is 0 Å². The van der Waals surface area contributed by atoms with Crippen molar-refractivity contribution < 1.29 is 0 Å².